The normalized spacial score (nSPS) is 20.3. The minimum atomic E-state index is -5.12. The monoisotopic (exact) mass is 1000 g/mol. The molecule has 0 saturated carbocycles. The lowest BCUT2D eigenvalue weighted by Gasteiger charge is -2.41. The van der Waals surface area contributed by atoms with Gasteiger partial charge in [0.05, 0.1) is 25.4 Å². The molecule has 1 aliphatic heterocycles. The summed E-state index contributed by atoms with van der Waals surface area (Å²) >= 11 is 0. The Bertz CT molecular complexity index is 1340. The Morgan fingerprint density at radius 3 is 1.35 bits per heavy atom. The third kappa shape index (κ3) is 37.0. The van der Waals surface area contributed by atoms with Crippen molar-refractivity contribution in [3.63, 3.8) is 0 Å². The van der Waals surface area contributed by atoms with Crippen molar-refractivity contribution in [1.82, 2.24) is 5.32 Å². The zero-order valence-electron chi connectivity index (χ0n) is 43.8. The predicted octanol–water partition coefficient (Wildman–Crippen LogP) is 11.8. The minimum absolute atomic E-state index is 0.238. The Morgan fingerprint density at radius 2 is 0.957 bits per heavy atom. The highest BCUT2D eigenvalue weighted by molar-refractivity contribution is 7.80. The standard InChI is InChI=1S/C55H105NO12S/c1-3-5-7-9-11-13-15-17-19-21-23-25-27-29-31-33-35-37-39-41-43-48(58)47(46-66-55-52(61)53(68-69(63,64)65)51(60)50(45-57)67-55)56-54(62)49(59)44-42-40-38-36-34-32-30-28-26-24-22-20-18-16-14-12-10-8-6-4-2/h26,28,41,43,47-53,55,57-61H,3-25,27,29-40,42,44-46H2,1-2H3,(H,56,62)(H,63,64,65)/b28-26-,43-41+. The molecule has 7 N–H and O–H groups in total. The molecule has 0 spiro atoms. The molecule has 408 valence electrons. The summed E-state index contributed by atoms with van der Waals surface area (Å²) in [7, 11) is -5.12. The molecule has 1 fully saturated rings. The Balaban J connectivity index is 2.46. The van der Waals surface area contributed by atoms with Crippen LogP contribution in [0.15, 0.2) is 24.3 Å². The number of carbonyl (C=O) groups is 1. The van der Waals surface area contributed by atoms with Gasteiger partial charge in [0.1, 0.15) is 30.5 Å². The molecule has 0 aliphatic carbocycles. The molecule has 1 rings (SSSR count). The maximum Gasteiger partial charge on any atom is 0.397 e. The van der Waals surface area contributed by atoms with Crippen molar-refractivity contribution < 1.29 is 57.0 Å². The lowest BCUT2D eigenvalue weighted by molar-refractivity contribution is -0.298. The van der Waals surface area contributed by atoms with Gasteiger partial charge in [0.25, 0.3) is 0 Å². The van der Waals surface area contributed by atoms with Crippen molar-refractivity contribution >= 4 is 16.3 Å². The molecule has 0 radical (unpaired) electrons. The van der Waals surface area contributed by atoms with E-state index in [0.29, 0.717) is 12.8 Å². The molecule has 69 heavy (non-hydrogen) atoms. The molecule has 1 amide bonds. The van der Waals surface area contributed by atoms with Crippen LogP contribution in [0, 0.1) is 0 Å². The Kier molecular flexibility index (Phi) is 42.9. The number of carbonyl (C=O) groups excluding carboxylic acids is 1. The molecule has 14 heteroatoms. The van der Waals surface area contributed by atoms with Gasteiger partial charge in [-0.25, -0.2) is 4.18 Å². The summed E-state index contributed by atoms with van der Waals surface area (Å²) in [4.78, 5) is 13.2. The van der Waals surface area contributed by atoms with E-state index in [-0.39, 0.29) is 6.42 Å². The molecule has 8 atom stereocenters. The van der Waals surface area contributed by atoms with Crippen molar-refractivity contribution in [2.45, 2.75) is 307 Å². The van der Waals surface area contributed by atoms with Crippen LogP contribution in [0.4, 0.5) is 0 Å². The first kappa shape index (κ1) is 65.6. The Labute approximate surface area is 421 Å². The summed E-state index contributed by atoms with van der Waals surface area (Å²) in [6.45, 7) is 3.26. The van der Waals surface area contributed by atoms with Gasteiger partial charge in [-0.05, 0) is 44.9 Å². The van der Waals surface area contributed by atoms with Crippen LogP contribution in [0.25, 0.3) is 0 Å². The van der Waals surface area contributed by atoms with Gasteiger partial charge in [0.2, 0.25) is 5.91 Å². The van der Waals surface area contributed by atoms with E-state index < -0.39 is 78.5 Å². The zero-order valence-corrected chi connectivity index (χ0v) is 44.6. The van der Waals surface area contributed by atoms with Crippen LogP contribution in [0.1, 0.15) is 258 Å². The second-order valence-corrected chi connectivity index (χ2v) is 21.1. The second-order valence-electron chi connectivity index (χ2n) is 20.0. The molecule has 8 unspecified atom stereocenters. The van der Waals surface area contributed by atoms with E-state index >= 15 is 0 Å². The molecule has 0 aromatic rings. The minimum Gasteiger partial charge on any atom is -0.394 e. The largest absolute Gasteiger partial charge is 0.397 e. The van der Waals surface area contributed by atoms with Gasteiger partial charge in [-0.1, -0.05) is 237 Å². The van der Waals surface area contributed by atoms with E-state index in [1.807, 2.05) is 6.08 Å². The first-order valence-electron chi connectivity index (χ1n) is 28.3. The number of ether oxygens (including phenoxy) is 2. The molecular weight excluding hydrogens is 899 g/mol. The third-order valence-corrected chi connectivity index (χ3v) is 14.0. The van der Waals surface area contributed by atoms with Crippen LogP contribution in [-0.4, -0.2) is 107 Å². The molecule has 1 aliphatic rings. The smallest absolute Gasteiger partial charge is 0.394 e. The van der Waals surface area contributed by atoms with Gasteiger partial charge >= 0.3 is 10.4 Å². The van der Waals surface area contributed by atoms with Gasteiger partial charge in [-0.15, -0.1) is 0 Å². The molecule has 1 saturated heterocycles. The van der Waals surface area contributed by atoms with Crippen molar-refractivity contribution in [2.75, 3.05) is 13.2 Å². The van der Waals surface area contributed by atoms with E-state index in [1.54, 1.807) is 6.08 Å². The molecule has 0 aromatic heterocycles. The Hall–Kier alpha value is -1.46. The van der Waals surface area contributed by atoms with Crippen molar-refractivity contribution in [1.29, 1.82) is 0 Å². The number of nitrogens with one attached hydrogen (secondary N) is 1. The quantitative estimate of drug-likeness (QED) is 0.0172. The second kappa shape index (κ2) is 45.2. The summed E-state index contributed by atoms with van der Waals surface area (Å²) in [5, 5.41) is 55.5. The van der Waals surface area contributed by atoms with Gasteiger partial charge in [0.15, 0.2) is 6.29 Å². The highest BCUT2D eigenvalue weighted by Gasteiger charge is 2.48. The van der Waals surface area contributed by atoms with Crippen LogP contribution >= 0.6 is 0 Å². The van der Waals surface area contributed by atoms with Crippen LogP contribution in [0.2, 0.25) is 0 Å². The average molecular weight is 1000 g/mol. The summed E-state index contributed by atoms with van der Waals surface area (Å²) in [5.41, 5.74) is 0. The van der Waals surface area contributed by atoms with Crippen LogP contribution < -0.4 is 5.32 Å². The van der Waals surface area contributed by atoms with E-state index in [9.17, 15) is 43.3 Å². The van der Waals surface area contributed by atoms with E-state index in [2.05, 4.69) is 35.5 Å². The predicted molar refractivity (Wildman–Crippen MR) is 279 cm³/mol. The van der Waals surface area contributed by atoms with Crippen molar-refractivity contribution in [3.05, 3.63) is 24.3 Å². The van der Waals surface area contributed by atoms with Gasteiger partial charge in [-0.2, -0.15) is 8.42 Å². The lowest BCUT2D eigenvalue weighted by Crippen LogP contribution is -2.61. The van der Waals surface area contributed by atoms with Crippen LogP contribution in [-0.2, 0) is 28.9 Å². The Morgan fingerprint density at radius 1 is 0.580 bits per heavy atom. The molecular formula is C55H105NO12S. The highest BCUT2D eigenvalue weighted by Crippen LogP contribution is 2.26. The molecule has 0 aromatic carbocycles. The lowest BCUT2D eigenvalue weighted by atomic mass is 9.99. The number of allylic oxidation sites excluding steroid dienone is 3. The third-order valence-electron chi connectivity index (χ3n) is 13.6. The number of hydrogen-bond acceptors (Lipinski definition) is 11. The number of unbranched alkanes of at least 4 members (excludes halogenated alkanes) is 34. The maximum absolute atomic E-state index is 13.2. The van der Waals surface area contributed by atoms with Gasteiger partial charge < -0.3 is 40.3 Å². The first-order chi connectivity index (χ1) is 33.4. The van der Waals surface area contributed by atoms with Crippen LogP contribution in [0.3, 0.4) is 0 Å². The fourth-order valence-electron chi connectivity index (χ4n) is 9.10. The summed E-state index contributed by atoms with van der Waals surface area (Å²) < 4.78 is 47.7. The highest BCUT2D eigenvalue weighted by atomic mass is 32.3. The van der Waals surface area contributed by atoms with Crippen LogP contribution in [0.5, 0.6) is 0 Å². The zero-order chi connectivity index (χ0) is 50.6. The van der Waals surface area contributed by atoms with Gasteiger partial charge in [-0.3, -0.25) is 9.35 Å². The summed E-state index contributed by atoms with van der Waals surface area (Å²) in [6.07, 6.45) is 42.5. The number of hydrogen-bond donors (Lipinski definition) is 7. The van der Waals surface area contributed by atoms with E-state index in [0.717, 1.165) is 57.8 Å². The fourth-order valence-corrected chi connectivity index (χ4v) is 9.61. The molecule has 1 heterocycles. The number of aliphatic hydroxyl groups excluding tert-OH is 5. The fraction of sp³-hybridized carbons (Fsp3) is 0.909. The average Bonchev–Trinajstić information content (AvgIpc) is 3.32. The van der Waals surface area contributed by atoms with Gasteiger partial charge in [0, 0.05) is 0 Å². The maximum atomic E-state index is 13.2. The first-order valence-corrected chi connectivity index (χ1v) is 29.7. The molecule has 13 nitrogen and oxygen atoms in total. The number of aliphatic hydroxyl groups is 5. The van der Waals surface area contributed by atoms with E-state index in [1.165, 1.54) is 167 Å². The van der Waals surface area contributed by atoms with Crippen molar-refractivity contribution in [2.24, 2.45) is 0 Å². The SMILES string of the molecule is CCCCCCCCCCCC/C=C\CCCCCCCCC(O)C(=O)NC(COC1OC(CO)C(O)C(OS(=O)(=O)O)C1O)C(O)/C=C/CCCCCCCCCCCCCCCCCCCC. The van der Waals surface area contributed by atoms with Crippen molar-refractivity contribution in [3.8, 4) is 0 Å². The topological polar surface area (TPSA) is 212 Å². The number of rotatable bonds is 49. The summed E-state index contributed by atoms with van der Waals surface area (Å²) in [5.74, 6) is -0.703. The summed E-state index contributed by atoms with van der Waals surface area (Å²) in [6, 6.07) is -1.12. The molecule has 0 bridgehead atoms. The number of amides is 1. The van der Waals surface area contributed by atoms with E-state index in [4.69, 9.17) is 9.47 Å².